The van der Waals surface area contributed by atoms with Gasteiger partial charge in [0.1, 0.15) is 11.6 Å². The van der Waals surface area contributed by atoms with E-state index in [1.54, 1.807) is 19.2 Å². The first kappa shape index (κ1) is 15.2. The topological polar surface area (TPSA) is 106 Å². The third-order valence-corrected chi connectivity index (χ3v) is 3.87. The van der Waals surface area contributed by atoms with Crippen molar-refractivity contribution in [3.8, 4) is 0 Å². The highest BCUT2D eigenvalue weighted by molar-refractivity contribution is 7.71. The molecule has 0 aliphatic carbocycles. The second kappa shape index (κ2) is 5.81. The van der Waals surface area contributed by atoms with Crippen molar-refractivity contribution >= 4 is 29.8 Å². The summed E-state index contributed by atoms with van der Waals surface area (Å²) in [6.07, 6.45) is 1.66. The second-order valence-corrected chi connectivity index (χ2v) is 5.45. The van der Waals surface area contributed by atoms with Crippen LogP contribution in [0.1, 0.15) is 24.1 Å². The third kappa shape index (κ3) is 2.57. The zero-order valence-electron chi connectivity index (χ0n) is 12.6. The Hall–Kier alpha value is -2.74. The fourth-order valence-electron chi connectivity index (χ4n) is 2.72. The lowest BCUT2D eigenvalue weighted by atomic mass is 9.84. The molecule has 1 atom stereocenters. The number of aromatic nitrogens is 3. The van der Waals surface area contributed by atoms with Gasteiger partial charge in [-0.1, -0.05) is 6.07 Å². The number of nitrogens with zero attached hydrogens (tertiary/aromatic N) is 2. The summed E-state index contributed by atoms with van der Waals surface area (Å²) in [5.41, 5.74) is 8.49. The van der Waals surface area contributed by atoms with E-state index in [1.165, 1.54) is 7.11 Å². The summed E-state index contributed by atoms with van der Waals surface area (Å²) in [7, 11) is 1.34. The zero-order valence-corrected chi connectivity index (χ0v) is 13.4. The van der Waals surface area contributed by atoms with Gasteiger partial charge in [0.25, 0.3) is 0 Å². The summed E-state index contributed by atoms with van der Waals surface area (Å²) in [5.74, 6) is -0.0680. The quantitative estimate of drug-likeness (QED) is 0.572. The lowest BCUT2D eigenvalue weighted by molar-refractivity contribution is -0.136. The minimum Gasteiger partial charge on any atom is -0.466 e. The van der Waals surface area contributed by atoms with Crippen molar-refractivity contribution in [3.63, 3.8) is 0 Å². The summed E-state index contributed by atoms with van der Waals surface area (Å²) in [4.78, 5) is 23.8. The number of hydrogen-bond donors (Lipinski definition) is 3. The lowest BCUT2D eigenvalue weighted by Gasteiger charge is -2.29. The van der Waals surface area contributed by atoms with E-state index in [0.29, 0.717) is 34.2 Å². The van der Waals surface area contributed by atoms with Crippen LogP contribution in [0.15, 0.2) is 35.7 Å². The molecule has 1 unspecified atom stereocenters. The fraction of sp³-hybridized carbons (Fsp3) is 0.200. The van der Waals surface area contributed by atoms with Crippen molar-refractivity contribution in [1.82, 2.24) is 15.0 Å². The molecule has 0 spiro atoms. The molecule has 8 heteroatoms. The molecule has 0 amide bonds. The second-order valence-electron chi connectivity index (χ2n) is 5.06. The maximum Gasteiger partial charge on any atom is 0.336 e. The van der Waals surface area contributed by atoms with Crippen LogP contribution in [-0.2, 0) is 9.53 Å². The van der Waals surface area contributed by atoms with Gasteiger partial charge < -0.3 is 20.8 Å². The number of ether oxygens (including phenoxy) is 1. The van der Waals surface area contributed by atoms with Crippen LogP contribution in [0.5, 0.6) is 0 Å². The maximum absolute atomic E-state index is 12.3. The van der Waals surface area contributed by atoms with Crippen LogP contribution >= 0.6 is 12.2 Å². The van der Waals surface area contributed by atoms with Gasteiger partial charge >= 0.3 is 5.97 Å². The normalized spacial score (nSPS) is 16.5. The van der Waals surface area contributed by atoms with Crippen molar-refractivity contribution < 1.29 is 9.53 Å². The molecule has 118 valence electrons. The molecule has 2 aromatic heterocycles. The largest absolute Gasteiger partial charge is 0.466 e. The van der Waals surface area contributed by atoms with Gasteiger partial charge in [0.15, 0.2) is 4.77 Å². The van der Waals surface area contributed by atoms with Gasteiger partial charge in [-0.2, -0.15) is 0 Å². The molecule has 0 saturated carbocycles. The molecule has 1 aliphatic heterocycles. The summed E-state index contributed by atoms with van der Waals surface area (Å²) < 4.78 is 5.20. The van der Waals surface area contributed by atoms with Crippen LogP contribution in [0.3, 0.4) is 0 Å². The van der Waals surface area contributed by atoms with Crippen LogP contribution in [0.2, 0.25) is 0 Å². The Bertz CT molecular complexity index is 860. The molecule has 1 aliphatic rings. The standard InChI is InChI=1S/C15H15N5O2S/c1-7-9(14(21)22-2)10(8-5-3-4-6-17-8)11-12(16)19-15(23)20-13(11)18-7/h3-6,10H,1-2H3,(H4,16,18,19,20,23). The SMILES string of the molecule is COC(=O)C1=C(C)Nc2nc(=S)[nH]c(N)c2C1c1ccccn1. The van der Waals surface area contributed by atoms with E-state index < -0.39 is 11.9 Å². The summed E-state index contributed by atoms with van der Waals surface area (Å²) in [5, 5.41) is 3.08. The Kier molecular flexibility index (Phi) is 3.83. The molecule has 0 aromatic carbocycles. The average molecular weight is 329 g/mol. The number of aromatic amines is 1. The third-order valence-electron chi connectivity index (χ3n) is 3.68. The molecule has 23 heavy (non-hydrogen) atoms. The van der Waals surface area contributed by atoms with E-state index in [2.05, 4.69) is 20.3 Å². The summed E-state index contributed by atoms with van der Waals surface area (Å²) in [6, 6.07) is 5.49. The number of hydrogen-bond acceptors (Lipinski definition) is 7. The van der Waals surface area contributed by atoms with Gasteiger partial charge in [0.05, 0.1) is 24.3 Å². The summed E-state index contributed by atoms with van der Waals surface area (Å²) in [6.45, 7) is 1.78. The van der Waals surface area contributed by atoms with Crippen LogP contribution < -0.4 is 11.1 Å². The molecule has 0 saturated heterocycles. The molecular weight excluding hydrogens is 314 g/mol. The predicted molar refractivity (Wildman–Crippen MR) is 88.3 cm³/mol. The Balaban J connectivity index is 2.30. The highest BCUT2D eigenvalue weighted by Gasteiger charge is 2.36. The van der Waals surface area contributed by atoms with Crippen molar-refractivity contribution in [2.24, 2.45) is 0 Å². The smallest absolute Gasteiger partial charge is 0.336 e. The van der Waals surface area contributed by atoms with Gasteiger partial charge in [-0.05, 0) is 31.3 Å². The Morgan fingerprint density at radius 3 is 2.87 bits per heavy atom. The first-order valence-corrected chi connectivity index (χ1v) is 7.30. The van der Waals surface area contributed by atoms with Gasteiger partial charge in [-0.25, -0.2) is 9.78 Å². The first-order valence-electron chi connectivity index (χ1n) is 6.89. The van der Waals surface area contributed by atoms with Gasteiger partial charge in [-0.15, -0.1) is 0 Å². The number of rotatable bonds is 2. The van der Waals surface area contributed by atoms with Gasteiger partial charge in [-0.3, -0.25) is 4.98 Å². The fourth-order valence-corrected chi connectivity index (χ4v) is 2.92. The first-order chi connectivity index (χ1) is 11.0. The number of carbonyl (C=O) groups excluding carboxylic acids is 1. The van der Waals surface area contributed by atoms with E-state index in [4.69, 9.17) is 22.7 Å². The highest BCUT2D eigenvalue weighted by Crippen LogP contribution is 2.42. The average Bonchev–Trinajstić information content (AvgIpc) is 2.53. The number of H-pyrrole nitrogens is 1. The van der Waals surface area contributed by atoms with E-state index in [-0.39, 0.29) is 4.77 Å². The number of carbonyl (C=O) groups is 1. The van der Waals surface area contributed by atoms with Crippen LogP contribution in [-0.4, -0.2) is 28.0 Å². The Morgan fingerprint density at radius 1 is 1.43 bits per heavy atom. The maximum atomic E-state index is 12.3. The number of anilines is 2. The monoisotopic (exact) mass is 329 g/mol. The number of methoxy groups -OCH3 is 1. The molecule has 3 rings (SSSR count). The molecule has 0 fully saturated rings. The van der Waals surface area contributed by atoms with E-state index in [9.17, 15) is 4.79 Å². The van der Waals surface area contributed by atoms with Crippen LogP contribution in [0.4, 0.5) is 11.6 Å². The molecule has 0 radical (unpaired) electrons. The Morgan fingerprint density at radius 2 is 2.22 bits per heavy atom. The molecular formula is C15H15N5O2S. The number of nitrogen functional groups attached to an aromatic ring is 1. The number of esters is 1. The zero-order chi connectivity index (χ0) is 16.6. The van der Waals surface area contributed by atoms with Gasteiger partial charge in [0, 0.05) is 17.5 Å². The van der Waals surface area contributed by atoms with E-state index >= 15 is 0 Å². The van der Waals surface area contributed by atoms with E-state index in [1.807, 2.05) is 12.1 Å². The van der Waals surface area contributed by atoms with Gasteiger partial charge in [0.2, 0.25) is 0 Å². The predicted octanol–water partition coefficient (Wildman–Crippen LogP) is 2.12. The number of fused-ring (bicyclic) bond motifs is 1. The number of pyridine rings is 1. The number of allylic oxidation sites excluding steroid dienone is 1. The minimum atomic E-state index is -0.487. The lowest BCUT2D eigenvalue weighted by Crippen LogP contribution is -2.26. The van der Waals surface area contributed by atoms with E-state index in [0.717, 1.165) is 0 Å². The van der Waals surface area contributed by atoms with Crippen LogP contribution in [0, 0.1) is 4.77 Å². The number of nitrogens with one attached hydrogen (secondary N) is 2. The molecule has 0 bridgehead atoms. The summed E-state index contributed by atoms with van der Waals surface area (Å²) >= 11 is 5.07. The van der Waals surface area contributed by atoms with Crippen molar-refractivity contribution in [1.29, 1.82) is 0 Å². The number of nitrogens with two attached hydrogens (primary N) is 1. The minimum absolute atomic E-state index is 0.267. The molecule has 3 heterocycles. The Labute approximate surface area is 137 Å². The van der Waals surface area contributed by atoms with Crippen molar-refractivity contribution in [2.75, 3.05) is 18.2 Å². The molecule has 7 nitrogen and oxygen atoms in total. The van der Waals surface area contributed by atoms with Crippen molar-refractivity contribution in [3.05, 3.63) is 51.7 Å². The molecule has 4 N–H and O–H groups in total. The molecule has 2 aromatic rings. The van der Waals surface area contributed by atoms with Crippen molar-refractivity contribution in [2.45, 2.75) is 12.8 Å². The highest BCUT2D eigenvalue weighted by atomic mass is 32.1. The van der Waals surface area contributed by atoms with Crippen LogP contribution in [0.25, 0.3) is 0 Å².